The van der Waals surface area contributed by atoms with E-state index >= 15 is 0 Å². The molecule has 1 atom stereocenters. The molecule has 4 nitrogen and oxygen atoms in total. The fraction of sp³-hybridized carbons (Fsp3) is 0.412. The second-order valence-electron chi connectivity index (χ2n) is 5.71. The van der Waals surface area contributed by atoms with E-state index < -0.39 is 0 Å². The molecular weight excluding hydrogens is 333 g/mol. The zero-order valence-corrected chi connectivity index (χ0v) is 15.0. The Kier molecular flexibility index (Phi) is 7.26. The maximum absolute atomic E-state index is 12.8. The third kappa shape index (κ3) is 4.14. The summed E-state index contributed by atoms with van der Waals surface area (Å²) in [6, 6.07) is 10.2. The van der Waals surface area contributed by atoms with Crippen LogP contribution >= 0.6 is 24.8 Å². The molecule has 1 amide bonds. The summed E-state index contributed by atoms with van der Waals surface area (Å²) in [5.41, 5.74) is 2.47. The fourth-order valence-electron chi connectivity index (χ4n) is 2.98. The highest BCUT2D eigenvalue weighted by Crippen LogP contribution is 2.21. The van der Waals surface area contributed by atoms with Gasteiger partial charge in [-0.25, -0.2) is 0 Å². The minimum absolute atomic E-state index is 0. The molecule has 2 aromatic rings. The number of piperidine rings is 1. The van der Waals surface area contributed by atoms with E-state index in [0.717, 1.165) is 42.5 Å². The van der Waals surface area contributed by atoms with Crippen molar-refractivity contribution >= 4 is 41.6 Å². The van der Waals surface area contributed by atoms with E-state index in [1.54, 1.807) is 0 Å². The summed E-state index contributed by atoms with van der Waals surface area (Å²) in [4.78, 5) is 19.4. The van der Waals surface area contributed by atoms with Crippen LogP contribution in [0.4, 0.5) is 0 Å². The van der Waals surface area contributed by atoms with Gasteiger partial charge in [-0.15, -0.1) is 24.8 Å². The first kappa shape index (κ1) is 19.7. The highest BCUT2D eigenvalue weighted by atomic mass is 35.5. The lowest BCUT2D eigenvalue weighted by atomic mass is 10.0. The van der Waals surface area contributed by atoms with Crippen molar-refractivity contribution in [1.82, 2.24) is 15.2 Å². The standard InChI is InChI=1S/C17H21N3O.2ClH/c1-12-8-9-13-5-3-7-15(16(13)19-12)17(21)20-10-4-6-14(11-20)18-2;;/h3,5,7-9,14,18H,4,6,10-11H2,1-2H3;2*1H. The topological polar surface area (TPSA) is 45.2 Å². The van der Waals surface area contributed by atoms with Crippen LogP contribution in [0, 0.1) is 6.92 Å². The number of hydrogen-bond acceptors (Lipinski definition) is 3. The van der Waals surface area contributed by atoms with Gasteiger partial charge in [0.25, 0.3) is 5.91 Å². The van der Waals surface area contributed by atoms with Crippen LogP contribution in [-0.2, 0) is 0 Å². The SMILES string of the molecule is CNC1CCCN(C(=O)c2cccc3ccc(C)nc23)C1.Cl.Cl. The molecule has 0 bridgehead atoms. The number of nitrogens with one attached hydrogen (secondary N) is 1. The van der Waals surface area contributed by atoms with E-state index in [9.17, 15) is 4.79 Å². The number of likely N-dealkylation sites (N-methyl/N-ethyl adjacent to an activating group) is 1. The Hall–Kier alpha value is -1.36. The second-order valence-corrected chi connectivity index (χ2v) is 5.71. The average Bonchev–Trinajstić information content (AvgIpc) is 2.53. The molecule has 23 heavy (non-hydrogen) atoms. The number of carbonyl (C=O) groups excluding carboxylic acids is 1. The number of amides is 1. The number of carbonyl (C=O) groups is 1. The lowest BCUT2D eigenvalue weighted by Gasteiger charge is -2.32. The highest BCUT2D eigenvalue weighted by Gasteiger charge is 2.24. The van der Waals surface area contributed by atoms with Gasteiger partial charge in [0.1, 0.15) is 0 Å². The average molecular weight is 356 g/mol. The molecule has 126 valence electrons. The number of halogens is 2. The second kappa shape index (κ2) is 8.48. The summed E-state index contributed by atoms with van der Waals surface area (Å²) in [5.74, 6) is 0.0960. The Morgan fingerprint density at radius 2 is 2.04 bits per heavy atom. The number of aromatic nitrogens is 1. The zero-order chi connectivity index (χ0) is 14.8. The number of para-hydroxylation sites is 1. The predicted molar refractivity (Wildman–Crippen MR) is 99.0 cm³/mol. The lowest BCUT2D eigenvalue weighted by molar-refractivity contribution is 0.0700. The summed E-state index contributed by atoms with van der Waals surface area (Å²) in [6.45, 7) is 3.56. The monoisotopic (exact) mass is 355 g/mol. The van der Waals surface area contributed by atoms with Crippen molar-refractivity contribution in [2.45, 2.75) is 25.8 Å². The van der Waals surface area contributed by atoms with Crippen molar-refractivity contribution in [2.75, 3.05) is 20.1 Å². The summed E-state index contributed by atoms with van der Waals surface area (Å²) >= 11 is 0. The molecule has 3 rings (SSSR count). The van der Waals surface area contributed by atoms with E-state index in [-0.39, 0.29) is 30.7 Å². The number of pyridine rings is 1. The smallest absolute Gasteiger partial charge is 0.256 e. The van der Waals surface area contributed by atoms with E-state index in [1.807, 2.05) is 49.2 Å². The fourth-order valence-corrected chi connectivity index (χ4v) is 2.98. The van der Waals surface area contributed by atoms with Crippen LogP contribution in [0.2, 0.25) is 0 Å². The van der Waals surface area contributed by atoms with E-state index in [0.29, 0.717) is 11.6 Å². The lowest BCUT2D eigenvalue weighted by Crippen LogP contribution is -2.47. The highest BCUT2D eigenvalue weighted by molar-refractivity contribution is 6.05. The van der Waals surface area contributed by atoms with Gasteiger partial charge in [-0.05, 0) is 38.9 Å². The molecular formula is C17H23Cl2N3O. The van der Waals surface area contributed by atoms with Gasteiger partial charge in [0.15, 0.2) is 0 Å². The Bertz CT molecular complexity index is 678. The first-order chi connectivity index (χ1) is 10.2. The molecule has 1 aliphatic rings. The molecule has 1 aromatic heterocycles. The number of likely N-dealkylation sites (tertiary alicyclic amines) is 1. The number of nitrogens with zero attached hydrogens (tertiary/aromatic N) is 2. The van der Waals surface area contributed by atoms with Crippen LogP contribution in [0.25, 0.3) is 10.9 Å². The van der Waals surface area contributed by atoms with Crippen LogP contribution < -0.4 is 5.32 Å². The van der Waals surface area contributed by atoms with Crippen LogP contribution in [0.15, 0.2) is 30.3 Å². The molecule has 0 spiro atoms. The van der Waals surface area contributed by atoms with Crippen LogP contribution in [0.1, 0.15) is 28.9 Å². The molecule has 1 N–H and O–H groups in total. The molecule has 0 aliphatic carbocycles. The van der Waals surface area contributed by atoms with Crippen molar-refractivity contribution < 1.29 is 4.79 Å². The van der Waals surface area contributed by atoms with Gasteiger partial charge in [-0.1, -0.05) is 18.2 Å². The van der Waals surface area contributed by atoms with Crippen molar-refractivity contribution in [3.05, 3.63) is 41.6 Å². The van der Waals surface area contributed by atoms with Gasteiger partial charge in [0.05, 0.1) is 11.1 Å². The van der Waals surface area contributed by atoms with Crippen LogP contribution in [0.3, 0.4) is 0 Å². The molecule has 0 radical (unpaired) electrons. The predicted octanol–water partition coefficient (Wildman–Crippen LogP) is 3.21. The third-order valence-corrected chi connectivity index (χ3v) is 4.21. The van der Waals surface area contributed by atoms with Crippen molar-refractivity contribution in [3.8, 4) is 0 Å². The van der Waals surface area contributed by atoms with E-state index in [2.05, 4.69) is 10.3 Å². The van der Waals surface area contributed by atoms with Gasteiger partial charge >= 0.3 is 0 Å². The summed E-state index contributed by atoms with van der Waals surface area (Å²) in [6.07, 6.45) is 2.18. The number of benzene rings is 1. The Labute approximate surface area is 149 Å². The summed E-state index contributed by atoms with van der Waals surface area (Å²) in [5, 5.41) is 4.30. The molecule has 1 unspecified atom stereocenters. The number of hydrogen-bond donors (Lipinski definition) is 1. The van der Waals surface area contributed by atoms with Gasteiger partial charge in [-0.3, -0.25) is 9.78 Å². The maximum atomic E-state index is 12.8. The van der Waals surface area contributed by atoms with Crippen molar-refractivity contribution in [1.29, 1.82) is 0 Å². The normalized spacial score (nSPS) is 17.3. The molecule has 1 fully saturated rings. The molecule has 2 heterocycles. The molecule has 1 aliphatic heterocycles. The summed E-state index contributed by atoms with van der Waals surface area (Å²) in [7, 11) is 1.96. The first-order valence-corrected chi connectivity index (χ1v) is 7.52. The minimum Gasteiger partial charge on any atom is -0.337 e. The van der Waals surface area contributed by atoms with Crippen molar-refractivity contribution in [3.63, 3.8) is 0 Å². The number of aryl methyl sites for hydroxylation is 1. The van der Waals surface area contributed by atoms with Crippen LogP contribution in [-0.4, -0.2) is 42.0 Å². The largest absolute Gasteiger partial charge is 0.337 e. The quantitative estimate of drug-likeness (QED) is 0.899. The number of fused-ring (bicyclic) bond motifs is 1. The molecule has 0 saturated carbocycles. The third-order valence-electron chi connectivity index (χ3n) is 4.21. The Morgan fingerprint density at radius 1 is 1.26 bits per heavy atom. The van der Waals surface area contributed by atoms with Gasteiger partial charge in [0, 0.05) is 30.2 Å². The first-order valence-electron chi connectivity index (χ1n) is 7.52. The van der Waals surface area contributed by atoms with E-state index in [1.165, 1.54) is 0 Å². The number of rotatable bonds is 2. The zero-order valence-electron chi connectivity index (χ0n) is 13.4. The van der Waals surface area contributed by atoms with Gasteiger partial charge in [0.2, 0.25) is 0 Å². The Morgan fingerprint density at radius 3 is 2.78 bits per heavy atom. The van der Waals surface area contributed by atoms with Crippen LogP contribution in [0.5, 0.6) is 0 Å². The molecule has 1 aromatic carbocycles. The van der Waals surface area contributed by atoms with Gasteiger partial charge < -0.3 is 10.2 Å². The molecule has 6 heteroatoms. The maximum Gasteiger partial charge on any atom is 0.256 e. The van der Waals surface area contributed by atoms with Gasteiger partial charge in [-0.2, -0.15) is 0 Å². The molecule has 1 saturated heterocycles. The van der Waals surface area contributed by atoms with Crippen molar-refractivity contribution in [2.24, 2.45) is 0 Å². The Balaban J connectivity index is 0.00000132. The van der Waals surface area contributed by atoms with E-state index in [4.69, 9.17) is 0 Å². The summed E-state index contributed by atoms with van der Waals surface area (Å²) < 4.78 is 0. The minimum atomic E-state index is 0.